The molecule has 1 aliphatic heterocycles. The van der Waals surface area contributed by atoms with Crippen LogP contribution in [0.2, 0.25) is 10.0 Å². The highest BCUT2D eigenvalue weighted by molar-refractivity contribution is 6.35. The number of carbonyl (C=O) groups excluding carboxylic acids is 2. The normalized spacial score (nSPS) is 24.2. The first-order chi connectivity index (χ1) is 16.2. The van der Waals surface area contributed by atoms with Gasteiger partial charge in [0.2, 0.25) is 6.29 Å². The van der Waals surface area contributed by atoms with E-state index in [4.69, 9.17) is 42.1 Å². The van der Waals surface area contributed by atoms with E-state index in [1.54, 1.807) is 36.4 Å². The van der Waals surface area contributed by atoms with Crippen molar-refractivity contribution < 1.29 is 43.9 Å². The van der Waals surface area contributed by atoms with Gasteiger partial charge in [-0.1, -0.05) is 54.1 Å². The molecular formula is C23H22Cl2O9. The minimum Gasteiger partial charge on any atom is -0.459 e. The van der Waals surface area contributed by atoms with Crippen molar-refractivity contribution in [2.45, 2.75) is 37.1 Å². The van der Waals surface area contributed by atoms with Gasteiger partial charge in [0.05, 0.1) is 11.4 Å². The average Bonchev–Trinajstić information content (AvgIpc) is 2.80. The first-order valence-electron chi connectivity index (χ1n) is 10.1. The molecule has 182 valence electrons. The minimum atomic E-state index is -1.82. The zero-order valence-corrected chi connectivity index (χ0v) is 19.2. The van der Waals surface area contributed by atoms with Crippen molar-refractivity contribution in [1.29, 1.82) is 0 Å². The van der Waals surface area contributed by atoms with E-state index in [0.717, 1.165) is 0 Å². The van der Waals surface area contributed by atoms with Crippen LogP contribution in [0.25, 0.3) is 0 Å². The van der Waals surface area contributed by atoms with Gasteiger partial charge in [-0.15, -0.1) is 0 Å². The molecule has 9 nitrogen and oxygen atoms in total. The van der Waals surface area contributed by atoms with Crippen LogP contribution in [0.1, 0.15) is 5.56 Å². The van der Waals surface area contributed by atoms with E-state index < -0.39 is 42.6 Å². The number of halogens is 2. The molecule has 0 saturated carbocycles. The van der Waals surface area contributed by atoms with Crippen LogP contribution >= 0.6 is 23.2 Å². The molecule has 11 heteroatoms. The number of carbonyl (C=O) groups is 2. The molecular weight excluding hydrogens is 491 g/mol. The van der Waals surface area contributed by atoms with Crippen molar-refractivity contribution in [1.82, 2.24) is 0 Å². The van der Waals surface area contributed by atoms with Crippen molar-refractivity contribution >= 4 is 35.1 Å². The van der Waals surface area contributed by atoms with E-state index in [9.17, 15) is 24.9 Å². The topological polar surface area (TPSA) is 132 Å². The SMILES string of the molecule is C=CCOC(=O)[C@H]1O[C@@H](OC(=O)Cc2ccccc2Oc2ccc(Cl)cc2Cl)[C@H](O)[C@@H](O)[C@@H]1O. The van der Waals surface area contributed by atoms with Crippen LogP contribution in [0.15, 0.2) is 55.1 Å². The molecule has 0 aromatic heterocycles. The molecule has 2 aromatic rings. The van der Waals surface area contributed by atoms with Crippen LogP contribution < -0.4 is 4.74 Å². The summed E-state index contributed by atoms with van der Waals surface area (Å²) in [7, 11) is 0. The van der Waals surface area contributed by atoms with Gasteiger partial charge in [0.1, 0.15) is 36.4 Å². The van der Waals surface area contributed by atoms with E-state index in [0.29, 0.717) is 22.1 Å². The highest BCUT2D eigenvalue weighted by atomic mass is 35.5. The Morgan fingerprint density at radius 1 is 1.03 bits per heavy atom. The Labute approximate surface area is 205 Å². The Bertz CT molecular complexity index is 1040. The largest absolute Gasteiger partial charge is 0.459 e. The van der Waals surface area contributed by atoms with Gasteiger partial charge in [-0.3, -0.25) is 4.79 Å². The summed E-state index contributed by atoms with van der Waals surface area (Å²) in [4.78, 5) is 24.7. The molecule has 3 N–H and O–H groups in total. The maximum absolute atomic E-state index is 12.6. The summed E-state index contributed by atoms with van der Waals surface area (Å²) < 4.78 is 21.0. The number of benzene rings is 2. The predicted molar refractivity (Wildman–Crippen MR) is 121 cm³/mol. The maximum Gasteiger partial charge on any atom is 0.338 e. The molecule has 1 saturated heterocycles. The van der Waals surface area contributed by atoms with Crippen LogP contribution in [-0.4, -0.2) is 64.6 Å². The van der Waals surface area contributed by atoms with Crippen molar-refractivity contribution in [3.05, 3.63) is 70.7 Å². The highest BCUT2D eigenvalue weighted by Crippen LogP contribution is 2.33. The van der Waals surface area contributed by atoms with Crippen molar-refractivity contribution in [2.24, 2.45) is 0 Å². The molecule has 1 heterocycles. The number of rotatable bonds is 8. The Hall–Kier alpha value is -2.66. The molecule has 3 rings (SSSR count). The number of hydrogen-bond donors (Lipinski definition) is 3. The van der Waals surface area contributed by atoms with Gasteiger partial charge < -0.3 is 34.3 Å². The summed E-state index contributed by atoms with van der Waals surface area (Å²) in [5, 5.41) is 31.0. The third-order valence-corrected chi connectivity index (χ3v) is 5.34. The first-order valence-corrected chi connectivity index (χ1v) is 10.8. The molecule has 2 aromatic carbocycles. The molecule has 1 fully saturated rings. The Morgan fingerprint density at radius 3 is 2.47 bits per heavy atom. The van der Waals surface area contributed by atoms with Crippen LogP contribution in [0.5, 0.6) is 11.5 Å². The fraction of sp³-hybridized carbons (Fsp3) is 0.304. The minimum absolute atomic E-state index is 0.164. The molecule has 0 bridgehead atoms. The summed E-state index contributed by atoms with van der Waals surface area (Å²) in [5.74, 6) is -1.24. The zero-order valence-electron chi connectivity index (χ0n) is 17.7. The van der Waals surface area contributed by atoms with Crippen molar-refractivity contribution in [3.8, 4) is 11.5 Å². The Morgan fingerprint density at radius 2 is 1.76 bits per heavy atom. The lowest BCUT2D eigenvalue weighted by Gasteiger charge is -2.38. The second-order valence-corrected chi connectivity index (χ2v) is 8.11. The van der Waals surface area contributed by atoms with E-state index in [-0.39, 0.29) is 18.1 Å². The number of para-hydroxylation sites is 1. The summed E-state index contributed by atoms with van der Waals surface area (Å²) in [6.45, 7) is 3.23. The number of hydrogen-bond acceptors (Lipinski definition) is 9. The lowest BCUT2D eigenvalue weighted by atomic mass is 9.99. The summed E-state index contributed by atoms with van der Waals surface area (Å²) in [6.07, 6.45) is -7.84. The number of esters is 2. The molecule has 0 spiro atoms. The van der Waals surface area contributed by atoms with Gasteiger partial charge >= 0.3 is 11.9 Å². The van der Waals surface area contributed by atoms with Gasteiger partial charge in [-0.25, -0.2) is 4.79 Å². The van der Waals surface area contributed by atoms with Gasteiger partial charge in [-0.2, -0.15) is 0 Å². The summed E-state index contributed by atoms with van der Waals surface area (Å²) in [5.41, 5.74) is 0.423. The van der Waals surface area contributed by atoms with Crippen LogP contribution in [0.4, 0.5) is 0 Å². The monoisotopic (exact) mass is 512 g/mol. The fourth-order valence-corrected chi connectivity index (χ4v) is 3.56. The molecule has 0 unspecified atom stereocenters. The number of ether oxygens (including phenoxy) is 4. The Kier molecular flexibility index (Phi) is 8.90. The molecule has 0 aliphatic carbocycles. The number of aliphatic hydroxyl groups is 3. The van der Waals surface area contributed by atoms with E-state index >= 15 is 0 Å². The smallest absolute Gasteiger partial charge is 0.338 e. The van der Waals surface area contributed by atoms with Crippen LogP contribution in [0, 0.1) is 0 Å². The lowest BCUT2D eigenvalue weighted by molar-refractivity contribution is -0.287. The molecule has 5 atom stereocenters. The standard InChI is InChI=1S/C23H22Cl2O9/c1-2-9-31-22(30)21-19(28)18(27)20(29)23(34-21)33-17(26)10-12-5-3-4-6-15(12)32-16-8-7-13(24)11-14(16)25/h2-8,11,18-21,23,27-29H,1,9-10H2/t18-,19-,20+,21-,23+/m0/s1. The number of aliphatic hydroxyl groups excluding tert-OH is 3. The van der Waals surface area contributed by atoms with E-state index in [1.165, 1.54) is 12.1 Å². The van der Waals surface area contributed by atoms with Gasteiger partial charge in [-0.05, 0) is 24.3 Å². The van der Waals surface area contributed by atoms with Gasteiger partial charge in [0.15, 0.2) is 6.10 Å². The quantitative estimate of drug-likeness (QED) is 0.360. The fourth-order valence-electron chi connectivity index (χ4n) is 3.12. The lowest BCUT2D eigenvalue weighted by Crippen LogP contribution is -2.61. The molecule has 34 heavy (non-hydrogen) atoms. The first kappa shape index (κ1) is 26.0. The van der Waals surface area contributed by atoms with Crippen LogP contribution in [0.3, 0.4) is 0 Å². The zero-order chi connectivity index (χ0) is 24.8. The third kappa shape index (κ3) is 6.26. The highest BCUT2D eigenvalue weighted by Gasteiger charge is 2.49. The average molecular weight is 513 g/mol. The summed E-state index contributed by atoms with van der Waals surface area (Å²) >= 11 is 12.0. The third-order valence-electron chi connectivity index (χ3n) is 4.81. The van der Waals surface area contributed by atoms with Crippen molar-refractivity contribution in [2.75, 3.05) is 6.61 Å². The maximum atomic E-state index is 12.6. The Balaban J connectivity index is 1.70. The predicted octanol–water partition coefficient (Wildman–Crippen LogP) is 2.41. The van der Waals surface area contributed by atoms with Crippen molar-refractivity contribution in [3.63, 3.8) is 0 Å². The van der Waals surface area contributed by atoms with E-state index in [2.05, 4.69) is 6.58 Å². The van der Waals surface area contributed by atoms with Gasteiger partial charge in [0, 0.05) is 10.6 Å². The van der Waals surface area contributed by atoms with E-state index in [1.807, 2.05) is 0 Å². The summed E-state index contributed by atoms with van der Waals surface area (Å²) in [6, 6.07) is 11.3. The van der Waals surface area contributed by atoms with Crippen LogP contribution in [-0.2, 0) is 30.2 Å². The molecule has 0 radical (unpaired) electrons. The molecule has 1 aliphatic rings. The van der Waals surface area contributed by atoms with Gasteiger partial charge in [0.25, 0.3) is 0 Å². The molecule has 0 amide bonds. The second-order valence-electron chi connectivity index (χ2n) is 7.27. The second kappa shape index (κ2) is 11.7.